The van der Waals surface area contributed by atoms with Gasteiger partial charge < -0.3 is 8.85 Å². The number of carbonyl (C=O) groups excluding carboxylic acids is 2. The Kier molecular flexibility index (Phi) is 8.39. The van der Waals surface area contributed by atoms with E-state index in [9.17, 15) is 9.59 Å². The van der Waals surface area contributed by atoms with Gasteiger partial charge in [-0.2, -0.15) is 0 Å². The van der Waals surface area contributed by atoms with Crippen molar-refractivity contribution in [1.29, 1.82) is 0 Å². The molecule has 0 aromatic rings. The minimum atomic E-state index is -2.09. The van der Waals surface area contributed by atoms with Crippen LogP contribution in [-0.4, -0.2) is 46.0 Å². The van der Waals surface area contributed by atoms with Gasteiger partial charge in [-0.15, -0.1) is 0 Å². The van der Waals surface area contributed by atoms with Crippen molar-refractivity contribution in [2.45, 2.75) is 39.3 Å². The van der Waals surface area contributed by atoms with E-state index >= 15 is 0 Å². The summed E-state index contributed by atoms with van der Waals surface area (Å²) in [4.78, 5) is 25.2. The van der Waals surface area contributed by atoms with Crippen molar-refractivity contribution < 1.29 is 18.4 Å². The molecule has 0 aliphatic heterocycles. The first-order valence-electron chi connectivity index (χ1n) is 6.96. The standard InChI is InChI=1S/C15H27NO4Si/c1-12(2)14(17)16(15(18)13(3)4)10-8-9-11-21(7,19-5)20-6/h1,3,8-11H2,2,4-7H3. The molecule has 6 heteroatoms. The highest BCUT2D eigenvalue weighted by Gasteiger charge is 2.28. The van der Waals surface area contributed by atoms with E-state index in [0.717, 1.165) is 12.5 Å². The van der Waals surface area contributed by atoms with Crippen LogP contribution in [0.3, 0.4) is 0 Å². The van der Waals surface area contributed by atoms with Crippen LogP contribution in [0, 0.1) is 0 Å². The van der Waals surface area contributed by atoms with Crippen molar-refractivity contribution in [3.63, 3.8) is 0 Å². The van der Waals surface area contributed by atoms with Gasteiger partial charge in [0.2, 0.25) is 0 Å². The zero-order chi connectivity index (χ0) is 16.6. The largest absolute Gasteiger partial charge is 0.398 e. The average Bonchev–Trinajstić information content (AvgIpc) is 2.45. The Balaban J connectivity index is 4.58. The predicted octanol–water partition coefficient (Wildman–Crippen LogP) is 2.64. The first-order chi connectivity index (χ1) is 9.68. The Morgan fingerprint density at radius 2 is 1.43 bits per heavy atom. The van der Waals surface area contributed by atoms with Crippen LogP contribution in [0.15, 0.2) is 24.3 Å². The Morgan fingerprint density at radius 3 is 1.76 bits per heavy atom. The van der Waals surface area contributed by atoms with E-state index in [1.807, 2.05) is 6.55 Å². The van der Waals surface area contributed by atoms with Gasteiger partial charge in [-0.25, -0.2) is 0 Å². The van der Waals surface area contributed by atoms with Crippen molar-refractivity contribution in [1.82, 2.24) is 4.90 Å². The summed E-state index contributed by atoms with van der Waals surface area (Å²) in [6, 6.07) is 0.816. The third-order valence-electron chi connectivity index (χ3n) is 3.35. The third kappa shape index (κ3) is 6.37. The first-order valence-corrected chi connectivity index (χ1v) is 9.48. The monoisotopic (exact) mass is 313 g/mol. The van der Waals surface area contributed by atoms with Gasteiger partial charge in [0.25, 0.3) is 11.8 Å². The van der Waals surface area contributed by atoms with Gasteiger partial charge in [-0.1, -0.05) is 13.2 Å². The molecule has 0 N–H and O–H groups in total. The number of amides is 2. The molecule has 5 nitrogen and oxygen atoms in total. The second kappa shape index (κ2) is 8.91. The maximum absolute atomic E-state index is 12.0. The molecule has 0 spiro atoms. The van der Waals surface area contributed by atoms with E-state index in [2.05, 4.69) is 13.2 Å². The first kappa shape index (κ1) is 19.8. The van der Waals surface area contributed by atoms with Crippen molar-refractivity contribution in [2.24, 2.45) is 0 Å². The van der Waals surface area contributed by atoms with Crippen LogP contribution in [0.4, 0.5) is 0 Å². The molecule has 0 radical (unpaired) electrons. The van der Waals surface area contributed by atoms with Gasteiger partial charge in [-0.05, 0) is 39.3 Å². The molecule has 0 heterocycles. The van der Waals surface area contributed by atoms with Gasteiger partial charge in [0, 0.05) is 31.9 Å². The molecule has 21 heavy (non-hydrogen) atoms. The molecular weight excluding hydrogens is 286 g/mol. The molecule has 0 unspecified atom stereocenters. The fourth-order valence-electron chi connectivity index (χ4n) is 1.76. The summed E-state index contributed by atoms with van der Waals surface area (Å²) in [6.07, 6.45) is 1.53. The Morgan fingerprint density at radius 1 is 1.00 bits per heavy atom. The molecule has 120 valence electrons. The lowest BCUT2D eigenvalue weighted by Crippen LogP contribution is -2.39. The second-order valence-electron chi connectivity index (χ2n) is 5.32. The molecule has 0 aliphatic carbocycles. The lowest BCUT2D eigenvalue weighted by atomic mass is 10.2. The van der Waals surface area contributed by atoms with E-state index in [1.165, 1.54) is 4.90 Å². The van der Waals surface area contributed by atoms with Crippen molar-refractivity contribution in [2.75, 3.05) is 20.8 Å². The molecule has 0 aliphatic rings. The van der Waals surface area contributed by atoms with E-state index < -0.39 is 8.56 Å². The lowest BCUT2D eigenvalue weighted by molar-refractivity contribution is -0.140. The molecule has 0 aromatic carbocycles. The van der Waals surface area contributed by atoms with E-state index in [0.29, 0.717) is 24.1 Å². The smallest absolute Gasteiger partial charge is 0.334 e. The van der Waals surface area contributed by atoms with Crippen LogP contribution in [-0.2, 0) is 18.4 Å². The third-order valence-corrected chi connectivity index (χ3v) is 6.34. The van der Waals surface area contributed by atoms with E-state index in [4.69, 9.17) is 8.85 Å². The van der Waals surface area contributed by atoms with Gasteiger partial charge in [0.05, 0.1) is 0 Å². The maximum atomic E-state index is 12.0. The summed E-state index contributed by atoms with van der Waals surface area (Å²) in [7, 11) is 1.21. The van der Waals surface area contributed by atoms with E-state index in [-0.39, 0.29) is 11.8 Å². The number of carbonyl (C=O) groups is 2. The van der Waals surface area contributed by atoms with Gasteiger partial charge in [0.1, 0.15) is 0 Å². The highest BCUT2D eigenvalue weighted by atomic mass is 28.4. The summed E-state index contributed by atoms with van der Waals surface area (Å²) < 4.78 is 10.8. The molecule has 0 rings (SSSR count). The zero-order valence-corrected chi connectivity index (χ0v) is 14.8. The number of rotatable bonds is 9. The topological polar surface area (TPSA) is 55.8 Å². The molecular formula is C15H27NO4Si. The highest BCUT2D eigenvalue weighted by molar-refractivity contribution is 6.65. The number of nitrogens with zero attached hydrogens (tertiary/aromatic N) is 1. The summed E-state index contributed by atoms with van der Waals surface area (Å²) in [6.45, 7) is 12.8. The number of hydrogen-bond acceptors (Lipinski definition) is 4. The highest BCUT2D eigenvalue weighted by Crippen LogP contribution is 2.16. The van der Waals surface area contributed by atoms with Crippen LogP contribution < -0.4 is 0 Å². The van der Waals surface area contributed by atoms with E-state index in [1.54, 1.807) is 28.1 Å². The molecule has 0 saturated carbocycles. The van der Waals surface area contributed by atoms with Gasteiger partial charge in [-0.3, -0.25) is 14.5 Å². The Bertz CT molecular complexity index is 390. The quantitative estimate of drug-likeness (QED) is 0.373. The van der Waals surface area contributed by atoms with Crippen LogP contribution in [0.5, 0.6) is 0 Å². The Labute approximate surface area is 128 Å². The summed E-state index contributed by atoms with van der Waals surface area (Å²) in [5.74, 6) is -0.692. The minimum absolute atomic E-state index is 0.345. The lowest BCUT2D eigenvalue weighted by Gasteiger charge is -2.24. The SMILES string of the molecule is C=C(C)C(=O)N(CCCC[Si](C)(OC)OC)C(=O)C(=C)C. The van der Waals surface area contributed by atoms with Crippen LogP contribution in [0.2, 0.25) is 12.6 Å². The second-order valence-corrected chi connectivity index (χ2v) is 8.91. The fourth-order valence-corrected chi connectivity index (χ4v) is 3.23. The van der Waals surface area contributed by atoms with Crippen molar-refractivity contribution >= 4 is 20.4 Å². The molecule has 0 fully saturated rings. The number of unbranched alkanes of at least 4 members (excludes halogenated alkanes) is 1. The summed E-state index contributed by atoms with van der Waals surface area (Å²) in [5.41, 5.74) is 0.690. The van der Waals surface area contributed by atoms with Crippen molar-refractivity contribution in [3.8, 4) is 0 Å². The van der Waals surface area contributed by atoms with Crippen LogP contribution >= 0.6 is 0 Å². The average molecular weight is 313 g/mol. The maximum Gasteiger partial charge on any atom is 0.334 e. The normalized spacial score (nSPS) is 11.1. The summed E-state index contributed by atoms with van der Waals surface area (Å²) in [5, 5.41) is 0. The molecule has 0 atom stereocenters. The molecule has 0 saturated heterocycles. The Hall–Kier alpha value is -1.24. The molecule has 0 aromatic heterocycles. The van der Waals surface area contributed by atoms with Crippen LogP contribution in [0.1, 0.15) is 26.7 Å². The van der Waals surface area contributed by atoms with Crippen LogP contribution in [0.25, 0.3) is 0 Å². The number of imide groups is 1. The molecule has 2 amide bonds. The number of hydrogen-bond donors (Lipinski definition) is 0. The molecule has 0 bridgehead atoms. The fraction of sp³-hybridized carbons (Fsp3) is 0.600. The van der Waals surface area contributed by atoms with Gasteiger partial charge in [0.15, 0.2) is 0 Å². The van der Waals surface area contributed by atoms with Gasteiger partial charge >= 0.3 is 8.56 Å². The van der Waals surface area contributed by atoms with Crippen molar-refractivity contribution in [3.05, 3.63) is 24.3 Å². The predicted molar refractivity (Wildman–Crippen MR) is 86.0 cm³/mol. The minimum Gasteiger partial charge on any atom is -0.398 e. The zero-order valence-electron chi connectivity index (χ0n) is 13.8. The summed E-state index contributed by atoms with van der Waals surface area (Å²) >= 11 is 0.